The molecule has 0 saturated heterocycles. The Labute approximate surface area is 134 Å². The summed E-state index contributed by atoms with van der Waals surface area (Å²) >= 11 is 1.32. The Balaban J connectivity index is 1.77. The first-order valence-electron chi connectivity index (χ1n) is 6.77. The molecule has 0 bridgehead atoms. The molecule has 0 aliphatic carbocycles. The maximum Gasteiger partial charge on any atom is 0.387 e. The zero-order valence-corrected chi connectivity index (χ0v) is 12.6. The zero-order valence-electron chi connectivity index (χ0n) is 11.8. The van der Waals surface area contributed by atoms with Crippen LogP contribution in [0.4, 0.5) is 8.78 Å². The molecule has 3 rings (SSSR count). The van der Waals surface area contributed by atoms with E-state index in [2.05, 4.69) is 14.7 Å². The van der Waals surface area contributed by atoms with E-state index in [-0.39, 0.29) is 11.3 Å². The number of hydrogen-bond donors (Lipinski definition) is 1. The van der Waals surface area contributed by atoms with Gasteiger partial charge < -0.3 is 9.72 Å². The summed E-state index contributed by atoms with van der Waals surface area (Å²) in [5.74, 6) is 0.583. The number of aromatic nitrogens is 2. The van der Waals surface area contributed by atoms with Gasteiger partial charge in [-0.3, -0.25) is 4.79 Å². The molecule has 0 spiro atoms. The van der Waals surface area contributed by atoms with Crippen LogP contribution in [0.2, 0.25) is 0 Å². The van der Waals surface area contributed by atoms with Gasteiger partial charge in [-0.1, -0.05) is 36.0 Å². The lowest BCUT2D eigenvalue weighted by Crippen LogP contribution is -2.08. The van der Waals surface area contributed by atoms with Crippen LogP contribution in [-0.4, -0.2) is 16.6 Å². The first-order valence-corrected chi connectivity index (χ1v) is 7.76. The minimum Gasteiger partial charge on any atom is -0.435 e. The van der Waals surface area contributed by atoms with Crippen LogP contribution in [0, 0.1) is 0 Å². The van der Waals surface area contributed by atoms with Crippen molar-refractivity contribution in [2.24, 2.45) is 0 Å². The summed E-state index contributed by atoms with van der Waals surface area (Å²) in [4.78, 5) is 19.1. The van der Waals surface area contributed by atoms with Crippen LogP contribution in [-0.2, 0) is 5.75 Å². The van der Waals surface area contributed by atoms with Gasteiger partial charge in [-0.05, 0) is 29.8 Å². The quantitative estimate of drug-likeness (QED) is 0.569. The largest absolute Gasteiger partial charge is 0.435 e. The fourth-order valence-corrected chi connectivity index (χ4v) is 2.91. The highest BCUT2D eigenvalue weighted by molar-refractivity contribution is 7.98. The SMILES string of the molecule is O=c1[nH]c(SCc2cccc(OC(F)F)c2)nc2ccccc12. The molecular weight excluding hydrogens is 322 g/mol. The van der Waals surface area contributed by atoms with Gasteiger partial charge in [0.2, 0.25) is 0 Å². The van der Waals surface area contributed by atoms with Gasteiger partial charge in [0.05, 0.1) is 10.9 Å². The number of nitrogens with zero attached hydrogens (tertiary/aromatic N) is 1. The normalized spacial score (nSPS) is 11.1. The number of alkyl halides is 2. The fourth-order valence-electron chi connectivity index (χ4n) is 2.10. The van der Waals surface area contributed by atoms with E-state index in [0.29, 0.717) is 21.8 Å². The predicted octanol–water partition coefficient (Wildman–Crippen LogP) is 3.82. The highest BCUT2D eigenvalue weighted by Crippen LogP contribution is 2.23. The number of thioether (sulfide) groups is 1. The van der Waals surface area contributed by atoms with E-state index >= 15 is 0 Å². The Bertz CT molecular complexity index is 883. The molecule has 0 atom stereocenters. The molecule has 7 heteroatoms. The number of ether oxygens (including phenoxy) is 1. The number of nitrogens with one attached hydrogen (secondary N) is 1. The molecule has 0 fully saturated rings. The van der Waals surface area contributed by atoms with Crippen molar-refractivity contribution in [2.45, 2.75) is 17.5 Å². The minimum atomic E-state index is -2.85. The molecule has 0 aliphatic heterocycles. The van der Waals surface area contributed by atoms with Gasteiger partial charge in [0.1, 0.15) is 5.75 Å². The van der Waals surface area contributed by atoms with Crippen LogP contribution in [0.25, 0.3) is 10.9 Å². The van der Waals surface area contributed by atoms with E-state index in [1.807, 2.05) is 6.07 Å². The molecule has 0 amide bonds. The van der Waals surface area contributed by atoms with Crippen LogP contribution < -0.4 is 10.3 Å². The van der Waals surface area contributed by atoms with E-state index in [9.17, 15) is 13.6 Å². The lowest BCUT2D eigenvalue weighted by atomic mass is 10.2. The molecule has 0 radical (unpaired) electrons. The van der Waals surface area contributed by atoms with Gasteiger partial charge in [-0.25, -0.2) is 4.98 Å². The smallest absolute Gasteiger partial charge is 0.387 e. The highest BCUT2D eigenvalue weighted by Gasteiger charge is 2.07. The summed E-state index contributed by atoms with van der Waals surface area (Å²) < 4.78 is 28.8. The number of para-hydroxylation sites is 1. The highest BCUT2D eigenvalue weighted by atomic mass is 32.2. The second-order valence-electron chi connectivity index (χ2n) is 4.70. The van der Waals surface area contributed by atoms with E-state index in [1.54, 1.807) is 30.3 Å². The van der Waals surface area contributed by atoms with Crippen LogP contribution in [0.15, 0.2) is 58.5 Å². The van der Waals surface area contributed by atoms with E-state index < -0.39 is 6.61 Å². The topological polar surface area (TPSA) is 55.0 Å². The van der Waals surface area contributed by atoms with E-state index in [0.717, 1.165) is 5.56 Å². The minimum absolute atomic E-state index is 0.109. The Kier molecular flexibility index (Phi) is 4.57. The summed E-state index contributed by atoms with van der Waals surface area (Å²) in [7, 11) is 0. The predicted molar refractivity (Wildman–Crippen MR) is 85.0 cm³/mol. The van der Waals surface area contributed by atoms with Crippen LogP contribution in [0.3, 0.4) is 0 Å². The van der Waals surface area contributed by atoms with Crippen molar-refractivity contribution in [3.63, 3.8) is 0 Å². The molecule has 23 heavy (non-hydrogen) atoms. The number of aromatic amines is 1. The fraction of sp³-hybridized carbons (Fsp3) is 0.125. The monoisotopic (exact) mass is 334 g/mol. The Morgan fingerprint density at radius 3 is 2.83 bits per heavy atom. The molecule has 1 heterocycles. The Hall–Kier alpha value is -2.41. The van der Waals surface area contributed by atoms with Gasteiger partial charge >= 0.3 is 6.61 Å². The summed E-state index contributed by atoms with van der Waals surface area (Å²) in [6.07, 6.45) is 0. The Morgan fingerprint density at radius 1 is 1.17 bits per heavy atom. The number of fused-ring (bicyclic) bond motifs is 1. The first kappa shape index (κ1) is 15.5. The maximum absolute atomic E-state index is 12.2. The summed E-state index contributed by atoms with van der Waals surface area (Å²) in [6, 6.07) is 13.5. The van der Waals surface area contributed by atoms with Crippen molar-refractivity contribution >= 4 is 22.7 Å². The lowest BCUT2D eigenvalue weighted by molar-refractivity contribution is -0.0498. The van der Waals surface area contributed by atoms with E-state index in [1.165, 1.54) is 23.9 Å². The van der Waals surface area contributed by atoms with Gasteiger partial charge in [-0.15, -0.1) is 0 Å². The third kappa shape index (κ3) is 3.87. The third-order valence-electron chi connectivity index (χ3n) is 3.09. The zero-order chi connectivity index (χ0) is 16.2. The summed E-state index contributed by atoms with van der Waals surface area (Å²) in [6.45, 7) is -2.85. The van der Waals surface area contributed by atoms with Crippen molar-refractivity contribution in [1.82, 2.24) is 9.97 Å². The van der Waals surface area contributed by atoms with Crippen molar-refractivity contribution in [3.8, 4) is 5.75 Å². The average Bonchev–Trinajstić information content (AvgIpc) is 2.53. The molecule has 3 aromatic rings. The van der Waals surface area contributed by atoms with Gasteiger partial charge in [0, 0.05) is 5.75 Å². The number of halogens is 2. The van der Waals surface area contributed by atoms with Gasteiger partial charge in [0.15, 0.2) is 5.16 Å². The first-order chi connectivity index (χ1) is 11.1. The van der Waals surface area contributed by atoms with Gasteiger partial charge in [-0.2, -0.15) is 8.78 Å². The molecule has 2 aromatic carbocycles. The Morgan fingerprint density at radius 2 is 2.00 bits per heavy atom. The second-order valence-corrected chi connectivity index (χ2v) is 5.67. The molecule has 4 nitrogen and oxygen atoms in total. The molecule has 0 saturated carbocycles. The number of rotatable bonds is 5. The van der Waals surface area contributed by atoms with E-state index in [4.69, 9.17) is 0 Å². The van der Waals surface area contributed by atoms with Crippen LogP contribution in [0.1, 0.15) is 5.56 Å². The molecule has 0 aliphatic rings. The molecular formula is C16H12F2N2O2S. The number of H-pyrrole nitrogens is 1. The van der Waals surface area contributed by atoms with Crippen molar-refractivity contribution in [3.05, 3.63) is 64.4 Å². The molecule has 0 unspecified atom stereocenters. The van der Waals surface area contributed by atoms with Crippen molar-refractivity contribution in [1.29, 1.82) is 0 Å². The van der Waals surface area contributed by atoms with Crippen LogP contribution >= 0.6 is 11.8 Å². The summed E-state index contributed by atoms with van der Waals surface area (Å²) in [5, 5.41) is 1.01. The van der Waals surface area contributed by atoms with Crippen LogP contribution in [0.5, 0.6) is 5.75 Å². The van der Waals surface area contributed by atoms with Crippen molar-refractivity contribution in [2.75, 3.05) is 0 Å². The number of hydrogen-bond acceptors (Lipinski definition) is 4. The molecule has 118 valence electrons. The number of benzene rings is 2. The van der Waals surface area contributed by atoms with Gasteiger partial charge in [0.25, 0.3) is 5.56 Å². The standard InChI is InChI=1S/C16H12F2N2O2S/c17-15(18)22-11-5-3-4-10(8-11)9-23-16-19-13-7-2-1-6-12(13)14(21)20-16/h1-8,15H,9H2,(H,19,20,21). The second kappa shape index (κ2) is 6.78. The molecule has 1 aromatic heterocycles. The third-order valence-corrected chi connectivity index (χ3v) is 4.03. The average molecular weight is 334 g/mol. The summed E-state index contributed by atoms with van der Waals surface area (Å²) in [5.41, 5.74) is 1.21. The lowest BCUT2D eigenvalue weighted by Gasteiger charge is -2.07. The maximum atomic E-state index is 12.2. The molecule has 1 N–H and O–H groups in total. The van der Waals surface area contributed by atoms with Crippen molar-refractivity contribution < 1.29 is 13.5 Å².